The molecule has 1 aliphatic carbocycles. The molecule has 1 unspecified atom stereocenters. The lowest BCUT2D eigenvalue weighted by molar-refractivity contribution is -0.149. The van der Waals surface area contributed by atoms with Crippen LogP contribution in [0.25, 0.3) is 11.2 Å². The maximum atomic E-state index is 13.6. The van der Waals surface area contributed by atoms with Crippen LogP contribution in [0.15, 0.2) is 18.5 Å². The highest BCUT2D eigenvalue weighted by molar-refractivity contribution is 8.13. The summed E-state index contributed by atoms with van der Waals surface area (Å²) in [6, 6.07) is -1.05. The van der Waals surface area contributed by atoms with E-state index in [0.717, 1.165) is 11.8 Å². The van der Waals surface area contributed by atoms with Crippen LogP contribution in [0.2, 0.25) is 5.15 Å². The molecule has 2 aromatic rings. The summed E-state index contributed by atoms with van der Waals surface area (Å²) in [5.74, 6) is -0.367. The molecule has 0 aliphatic heterocycles. The van der Waals surface area contributed by atoms with Crippen molar-refractivity contribution in [2.24, 2.45) is 11.3 Å². The van der Waals surface area contributed by atoms with Crippen molar-refractivity contribution in [3.05, 3.63) is 23.6 Å². The van der Waals surface area contributed by atoms with Crippen LogP contribution in [-0.4, -0.2) is 61.7 Å². The summed E-state index contributed by atoms with van der Waals surface area (Å²) in [5, 5.41) is 2.84. The minimum Gasteiger partial charge on any atom is -0.462 e. The van der Waals surface area contributed by atoms with E-state index in [0.29, 0.717) is 17.6 Å². The van der Waals surface area contributed by atoms with Gasteiger partial charge in [0.05, 0.1) is 31.7 Å². The zero-order valence-electron chi connectivity index (χ0n) is 22.9. The highest BCUT2D eigenvalue weighted by Gasteiger charge is 2.33. The molecule has 0 aromatic carbocycles. The second-order valence-electron chi connectivity index (χ2n) is 10.5. The first-order chi connectivity index (χ1) is 18.2. The fourth-order valence-corrected chi connectivity index (χ4v) is 6.31. The molecule has 2 aromatic heterocycles. The van der Waals surface area contributed by atoms with E-state index in [1.165, 1.54) is 6.92 Å². The van der Waals surface area contributed by atoms with Crippen molar-refractivity contribution >= 4 is 59.3 Å². The van der Waals surface area contributed by atoms with Crippen molar-refractivity contribution in [1.82, 2.24) is 24.6 Å². The molecule has 3 N–H and O–H groups in total. The molecule has 1 aliphatic rings. The van der Waals surface area contributed by atoms with E-state index >= 15 is 0 Å². The molecule has 0 fully saturated rings. The number of halogens is 1. The monoisotopic (exact) mass is 602 g/mol. The number of rotatable bonds is 12. The van der Waals surface area contributed by atoms with Crippen molar-refractivity contribution in [2.45, 2.75) is 66.2 Å². The Morgan fingerprint density at radius 2 is 1.97 bits per heavy atom. The lowest BCUT2D eigenvalue weighted by Crippen LogP contribution is -2.36. The van der Waals surface area contributed by atoms with Crippen LogP contribution in [0.4, 0.5) is 5.95 Å². The van der Waals surface area contributed by atoms with Crippen molar-refractivity contribution in [3.8, 4) is 0 Å². The summed E-state index contributed by atoms with van der Waals surface area (Å²) in [7, 11) is -3.94. The number of esters is 1. The molecule has 2 heterocycles. The number of thioether (sulfide) groups is 1. The zero-order chi connectivity index (χ0) is 29.0. The quantitative estimate of drug-likeness (QED) is 0.115. The van der Waals surface area contributed by atoms with Gasteiger partial charge < -0.3 is 15.0 Å². The number of allylic oxidation sites excluding steroid dienone is 1. The highest BCUT2D eigenvalue weighted by atomic mass is 35.5. The Morgan fingerprint density at radius 1 is 1.26 bits per heavy atom. The lowest BCUT2D eigenvalue weighted by atomic mass is 10.00. The van der Waals surface area contributed by atoms with Gasteiger partial charge in [0.25, 0.3) is 0 Å². The van der Waals surface area contributed by atoms with E-state index in [1.807, 2.05) is 37.5 Å². The van der Waals surface area contributed by atoms with Crippen molar-refractivity contribution < 1.29 is 27.9 Å². The summed E-state index contributed by atoms with van der Waals surface area (Å²) in [6.07, 6.45) is 5.81. The molecular formula is C24H36ClN6O6PS. The number of nitrogens with one attached hydrogen (secondary N) is 1. The van der Waals surface area contributed by atoms with Gasteiger partial charge in [-0.1, -0.05) is 56.3 Å². The summed E-state index contributed by atoms with van der Waals surface area (Å²) >= 11 is 7.24. The minimum absolute atomic E-state index is 0.00818. The molecule has 0 radical (unpaired) electrons. The Labute approximate surface area is 237 Å². The van der Waals surface area contributed by atoms with Gasteiger partial charge >= 0.3 is 13.7 Å². The lowest BCUT2D eigenvalue weighted by Gasteiger charge is -2.24. The average molecular weight is 603 g/mol. The smallest absolute Gasteiger partial charge is 0.406 e. The van der Waals surface area contributed by atoms with Gasteiger partial charge in [-0.2, -0.15) is 9.97 Å². The van der Waals surface area contributed by atoms with Gasteiger partial charge in [-0.3, -0.25) is 18.6 Å². The Bertz CT molecular complexity index is 1270. The summed E-state index contributed by atoms with van der Waals surface area (Å²) in [5.41, 5.74) is 6.22. The molecule has 3 rings (SSSR count). The maximum absolute atomic E-state index is 13.6. The normalized spacial score (nSPS) is 19.9. The summed E-state index contributed by atoms with van der Waals surface area (Å²) in [6.45, 7) is 10.5. The first-order valence-electron chi connectivity index (χ1n) is 12.6. The van der Waals surface area contributed by atoms with Crippen LogP contribution in [0.5, 0.6) is 0 Å². The number of nitrogen functional groups attached to an aromatic ring is 1. The van der Waals surface area contributed by atoms with Gasteiger partial charge in [-0.05, 0) is 27.2 Å². The van der Waals surface area contributed by atoms with Gasteiger partial charge in [0, 0.05) is 17.1 Å². The molecule has 4 atom stereocenters. The van der Waals surface area contributed by atoms with Gasteiger partial charge in [-0.15, -0.1) is 0 Å². The number of hydrogen-bond donors (Lipinski definition) is 2. The third-order valence-corrected chi connectivity index (χ3v) is 8.83. The SMILES string of the molecule is CC(C)OC(=O)[C@H](C)NP(=O)(OCCSC(=O)C(C)(C)C)OC[C@@H]1C=C[C@H](n2cnc3c(Cl)nc(N)nc32)C1. The Hall–Kier alpha value is -2.02. The number of imidazole rings is 1. The van der Waals surface area contributed by atoms with Crippen LogP contribution in [-0.2, 0) is 27.9 Å². The Kier molecular flexibility index (Phi) is 10.6. The Morgan fingerprint density at radius 3 is 2.64 bits per heavy atom. The third-order valence-electron chi connectivity index (χ3n) is 5.61. The molecule has 0 amide bonds. The van der Waals surface area contributed by atoms with Crippen LogP contribution >= 0.6 is 31.1 Å². The van der Waals surface area contributed by atoms with Gasteiger partial charge in [0.2, 0.25) is 5.95 Å². The van der Waals surface area contributed by atoms with E-state index in [-0.39, 0.29) is 53.2 Å². The number of hydrogen-bond acceptors (Lipinski definition) is 11. The van der Waals surface area contributed by atoms with Crippen LogP contribution in [0.1, 0.15) is 54.0 Å². The molecule has 0 saturated heterocycles. The maximum Gasteiger partial charge on any atom is 0.406 e. The number of ether oxygens (including phenoxy) is 1. The molecule has 0 spiro atoms. The zero-order valence-corrected chi connectivity index (χ0v) is 25.4. The molecule has 0 saturated carbocycles. The number of aromatic nitrogens is 4. The van der Waals surface area contributed by atoms with E-state index in [1.54, 1.807) is 20.2 Å². The van der Waals surface area contributed by atoms with Crippen molar-refractivity contribution in [2.75, 3.05) is 24.7 Å². The molecule has 0 bridgehead atoms. The van der Waals surface area contributed by atoms with Crippen molar-refractivity contribution in [1.29, 1.82) is 0 Å². The van der Waals surface area contributed by atoms with Crippen LogP contribution in [0.3, 0.4) is 0 Å². The van der Waals surface area contributed by atoms with Gasteiger partial charge in [-0.25, -0.2) is 14.6 Å². The number of fused-ring (bicyclic) bond motifs is 1. The predicted molar refractivity (Wildman–Crippen MR) is 151 cm³/mol. The molecule has 39 heavy (non-hydrogen) atoms. The van der Waals surface area contributed by atoms with Crippen molar-refractivity contribution in [3.63, 3.8) is 0 Å². The number of carbonyl (C=O) groups is 2. The number of anilines is 1. The summed E-state index contributed by atoms with van der Waals surface area (Å²) in [4.78, 5) is 37.0. The molecule has 12 nitrogen and oxygen atoms in total. The number of nitrogens with zero attached hydrogens (tertiary/aromatic N) is 4. The van der Waals surface area contributed by atoms with Crippen LogP contribution in [0, 0.1) is 11.3 Å². The molecule has 15 heteroatoms. The Balaban J connectivity index is 1.64. The predicted octanol–water partition coefficient (Wildman–Crippen LogP) is 4.56. The summed E-state index contributed by atoms with van der Waals surface area (Å²) < 4.78 is 32.1. The van der Waals surface area contributed by atoms with Crippen LogP contribution < -0.4 is 10.8 Å². The van der Waals surface area contributed by atoms with Gasteiger partial charge in [0.1, 0.15) is 11.6 Å². The minimum atomic E-state index is -3.94. The fourth-order valence-electron chi connectivity index (χ4n) is 3.66. The number of nitrogens with two attached hydrogens (primary N) is 1. The van der Waals surface area contributed by atoms with Gasteiger partial charge in [0.15, 0.2) is 15.9 Å². The first kappa shape index (κ1) is 31.5. The van der Waals surface area contributed by atoms with E-state index < -0.39 is 25.2 Å². The fraction of sp³-hybridized carbons (Fsp3) is 0.625. The first-order valence-corrected chi connectivity index (χ1v) is 15.5. The largest absolute Gasteiger partial charge is 0.462 e. The van der Waals surface area contributed by atoms with E-state index in [9.17, 15) is 14.2 Å². The second kappa shape index (κ2) is 13.1. The third kappa shape index (κ3) is 8.73. The second-order valence-corrected chi connectivity index (χ2v) is 13.7. The average Bonchev–Trinajstić information content (AvgIpc) is 3.46. The highest BCUT2D eigenvalue weighted by Crippen LogP contribution is 2.46. The topological polar surface area (TPSA) is 161 Å². The standard InChI is InChI=1S/C24H36ClN6O6PS/c1-14(2)37-21(32)15(3)30-38(34,35-9-10-39-22(33)24(4,5)6)36-12-16-7-8-17(11-16)31-13-27-18-19(25)28-23(26)29-20(18)31/h7-8,13-17H,9-12H2,1-6H3,(H,30,34)(H2,26,28,29)/t15-,16+,17-,38?/m0/s1. The molecular weight excluding hydrogens is 567 g/mol. The van der Waals surface area contributed by atoms with E-state index in [2.05, 4.69) is 20.0 Å². The number of carbonyl (C=O) groups excluding carboxylic acids is 2. The van der Waals surface area contributed by atoms with E-state index in [4.69, 9.17) is 31.1 Å². The molecule has 216 valence electrons.